The first-order valence-electron chi connectivity index (χ1n) is 7.27. The van der Waals surface area contributed by atoms with Crippen LogP contribution in [0.3, 0.4) is 0 Å². The monoisotopic (exact) mass is 274 g/mol. The van der Waals surface area contributed by atoms with Crippen molar-refractivity contribution < 1.29 is 4.79 Å². The van der Waals surface area contributed by atoms with E-state index in [2.05, 4.69) is 11.9 Å². The molecule has 0 bridgehead atoms. The maximum atomic E-state index is 12.1. The largest absolute Gasteiger partial charge is 0.325 e. The van der Waals surface area contributed by atoms with Gasteiger partial charge >= 0.3 is 0 Å². The van der Waals surface area contributed by atoms with Gasteiger partial charge in [0.15, 0.2) is 5.78 Å². The lowest BCUT2D eigenvalue weighted by Gasteiger charge is -2.05. The number of hydrogen-bond acceptors (Lipinski definition) is 3. The fraction of sp³-hybridized carbons (Fsp3) is 0.562. The summed E-state index contributed by atoms with van der Waals surface area (Å²) >= 11 is 0. The molecule has 1 rings (SSSR count). The maximum absolute atomic E-state index is 12.1. The molecular formula is C16H22N2O2. The number of rotatable bonds is 8. The van der Waals surface area contributed by atoms with Crippen molar-refractivity contribution in [2.75, 3.05) is 0 Å². The molecule has 4 heteroatoms. The van der Waals surface area contributed by atoms with Crippen molar-refractivity contribution in [1.82, 2.24) is 4.98 Å². The van der Waals surface area contributed by atoms with Crippen LogP contribution in [0.5, 0.6) is 0 Å². The van der Waals surface area contributed by atoms with Crippen molar-refractivity contribution in [2.24, 2.45) is 0 Å². The van der Waals surface area contributed by atoms with Crippen molar-refractivity contribution in [3.05, 3.63) is 33.2 Å². The number of H-pyrrole nitrogens is 1. The number of pyridine rings is 1. The fourth-order valence-electron chi connectivity index (χ4n) is 2.20. The Kier molecular flexibility index (Phi) is 6.72. The first-order chi connectivity index (χ1) is 9.60. The molecule has 0 saturated heterocycles. The highest BCUT2D eigenvalue weighted by Crippen LogP contribution is 2.12. The summed E-state index contributed by atoms with van der Waals surface area (Å²) in [6.07, 6.45) is 7.24. The Labute approximate surface area is 119 Å². The summed E-state index contributed by atoms with van der Waals surface area (Å²) in [5.74, 6) is 0.00532. The van der Waals surface area contributed by atoms with Crippen molar-refractivity contribution >= 4 is 5.78 Å². The fourth-order valence-corrected chi connectivity index (χ4v) is 2.20. The summed E-state index contributed by atoms with van der Waals surface area (Å²) in [4.78, 5) is 26.1. The van der Waals surface area contributed by atoms with Gasteiger partial charge in [0.05, 0.1) is 0 Å². The maximum Gasteiger partial charge on any atom is 0.266 e. The number of aryl methyl sites for hydroxylation is 1. The molecule has 0 aliphatic heterocycles. The lowest BCUT2D eigenvalue weighted by Crippen LogP contribution is -2.15. The van der Waals surface area contributed by atoms with Crippen LogP contribution in [-0.4, -0.2) is 10.8 Å². The molecule has 108 valence electrons. The topological polar surface area (TPSA) is 73.7 Å². The van der Waals surface area contributed by atoms with E-state index in [9.17, 15) is 9.59 Å². The van der Waals surface area contributed by atoms with Crippen LogP contribution in [0.25, 0.3) is 0 Å². The normalized spacial score (nSPS) is 10.2. The molecule has 0 unspecified atom stereocenters. The van der Waals surface area contributed by atoms with Gasteiger partial charge in [-0.3, -0.25) is 9.59 Å². The Bertz CT molecular complexity index is 553. The zero-order valence-electron chi connectivity index (χ0n) is 12.3. The van der Waals surface area contributed by atoms with E-state index < -0.39 is 5.56 Å². The van der Waals surface area contributed by atoms with Crippen molar-refractivity contribution in [2.45, 2.75) is 58.8 Å². The third-order valence-electron chi connectivity index (χ3n) is 3.42. The predicted octanol–water partition coefficient (Wildman–Crippen LogP) is 3.49. The van der Waals surface area contributed by atoms with Gasteiger partial charge in [-0.2, -0.15) is 5.26 Å². The second kappa shape index (κ2) is 8.31. The average molecular weight is 274 g/mol. The molecule has 1 N–H and O–H groups in total. The summed E-state index contributed by atoms with van der Waals surface area (Å²) in [7, 11) is 0. The zero-order valence-corrected chi connectivity index (χ0v) is 12.3. The standard InChI is InChI=1S/C16H22N2O2/c1-3-4-5-6-7-8-9-15(19)14-10-13(11-17)16(20)18-12(14)2/h10H,3-9H2,1-2H3,(H,18,20). The van der Waals surface area contributed by atoms with E-state index in [-0.39, 0.29) is 11.3 Å². The second-order valence-corrected chi connectivity index (χ2v) is 5.10. The molecule has 0 radical (unpaired) electrons. The molecule has 0 spiro atoms. The lowest BCUT2D eigenvalue weighted by atomic mass is 10.0. The lowest BCUT2D eigenvalue weighted by molar-refractivity contribution is 0.0978. The van der Waals surface area contributed by atoms with Crippen molar-refractivity contribution in [1.29, 1.82) is 5.26 Å². The minimum absolute atomic E-state index is 0.00176. The van der Waals surface area contributed by atoms with Gasteiger partial charge in [0.2, 0.25) is 0 Å². The number of nitrogens with zero attached hydrogens (tertiary/aromatic N) is 1. The Morgan fingerprint density at radius 1 is 1.25 bits per heavy atom. The van der Waals surface area contributed by atoms with E-state index in [1.165, 1.54) is 25.3 Å². The van der Waals surface area contributed by atoms with E-state index in [1.807, 2.05) is 6.07 Å². The summed E-state index contributed by atoms with van der Waals surface area (Å²) in [5, 5.41) is 8.83. The molecule has 0 amide bonds. The molecule has 0 saturated carbocycles. The third-order valence-corrected chi connectivity index (χ3v) is 3.42. The minimum Gasteiger partial charge on any atom is -0.325 e. The average Bonchev–Trinajstić information content (AvgIpc) is 2.42. The van der Waals surface area contributed by atoms with Gasteiger partial charge < -0.3 is 4.98 Å². The first-order valence-corrected chi connectivity index (χ1v) is 7.27. The summed E-state index contributed by atoms with van der Waals surface area (Å²) in [6, 6.07) is 3.22. The molecule has 1 heterocycles. The second-order valence-electron chi connectivity index (χ2n) is 5.10. The van der Waals surface area contributed by atoms with Crippen LogP contribution in [-0.2, 0) is 0 Å². The SMILES string of the molecule is CCCCCCCCC(=O)c1cc(C#N)c(=O)[nH]c1C. The number of nitrogens with one attached hydrogen (secondary N) is 1. The Morgan fingerprint density at radius 2 is 1.90 bits per heavy atom. The minimum atomic E-state index is -0.430. The predicted molar refractivity (Wildman–Crippen MR) is 78.8 cm³/mol. The van der Waals surface area contributed by atoms with E-state index >= 15 is 0 Å². The molecule has 4 nitrogen and oxygen atoms in total. The number of carbonyl (C=O) groups excluding carboxylic acids is 1. The highest BCUT2D eigenvalue weighted by atomic mass is 16.1. The smallest absolute Gasteiger partial charge is 0.266 e. The van der Waals surface area contributed by atoms with Gasteiger partial charge in [-0.1, -0.05) is 39.0 Å². The van der Waals surface area contributed by atoms with Crippen LogP contribution >= 0.6 is 0 Å². The molecule has 0 atom stereocenters. The molecule has 0 fully saturated rings. The molecule has 20 heavy (non-hydrogen) atoms. The Morgan fingerprint density at radius 3 is 2.55 bits per heavy atom. The van der Waals surface area contributed by atoms with Crippen LogP contribution in [0.4, 0.5) is 0 Å². The molecule has 1 aromatic rings. The number of unbranched alkanes of at least 4 members (excludes halogenated alkanes) is 5. The number of ketones is 1. The number of nitriles is 1. The number of aromatic nitrogens is 1. The number of hydrogen-bond donors (Lipinski definition) is 1. The molecule has 0 aliphatic carbocycles. The van der Waals surface area contributed by atoms with Gasteiger partial charge in [-0.15, -0.1) is 0 Å². The number of Topliss-reactive ketones (excluding diaryl/α,β-unsaturated/α-hetero) is 1. The summed E-state index contributed by atoms with van der Waals surface area (Å²) in [5.41, 5.74) is 0.586. The zero-order chi connectivity index (χ0) is 15.0. The highest BCUT2D eigenvalue weighted by molar-refractivity contribution is 5.97. The molecule has 0 aromatic carbocycles. The van der Waals surface area contributed by atoms with Crippen LogP contribution < -0.4 is 5.56 Å². The Hall–Kier alpha value is -1.89. The van der Waals surface area contributed by atoms with Gasteiger partial charge in [0.25, 0.3) is 5.56 Å². The summed E-state index contributed by atoms with van der Waals surface area (Å²) in [6.45, 7) is 3.87. The van der Waals surface area contributed by atoms with Gasteiger partial charge in [0.1, 0.15) is 11.6 Å². The van der Waals surface area contributed by atoms with Gasteiger partial charge in [0, 0.05) is 17.7 Å². The quantitative estimate of drug-likeness (QED) is 0.582. The van der Waals surface area contributed by atoms with Crippen LogP contribution in [0, 0.1) is 18.3 Å². The van der Waals surface area contributed by atoms with Crippen molar-refractivity contribution in [3.63, 3.8) is 0 Å². The van der Waals surface area contributed by atoms with Crippen LogP contribution in [0.15, 0.2) is 10.9 Å². The Balaban J connectivity index is 2.56. The van der Waals surface area contributed by atoms with Crippen LogP contribution in [0.2, 0.25) is 0 Å². The van der Waals surface area contributed by atoms with Crippen molar-refractivity contribution in [3.8, 4) is 6.07 Å². The molecular weight excluding hydrogens is 252 g/mol. The first kappa shape index (κ1) is 16.2. The number of carbonyl (C=O) groups is 1. The number of aromatic amines is 1. The van der Waals surface area contributed by atoms with Gasteiger partial charge in [-0.05, 0) is 19.4 Å². The van der Waals surface area contributed by atoms with E-state index in [4.69, 9.17) is 5.26 Å². The van der Waals surface area contributed by atoms with Gasteiger partial charge in [-0.25, -0.2) is 0 Å². The van der Waals surface area contributed by atoms with Crippen LogP contribution in [0.1, 0.15) is 73.5 Å². The van der Waals surface area contributed by atoms with E-state index in [0.29, 0.717) is 17.7 Å². The van der Waals surface area contributed by atoms with E-state index in [0.717, 1.165) is 19.3 Å². The van der Waals surface area contributed by atoms with E-state index in [1.54, 1.807) is 6.92 Å². The molecule has 0 aliphatic rings. The summed E-state index contributed by atoms with van der Waals surface area (Å²) < 4.78 is 0. The molecule has 1 aromatic heterocycles. The highest BCUT2D eigenvalue weighted by Gasteiger charge is 2.12. The third kappa shape index (κ3) is 4.65.